The number of rotatable bonds is 6. The van der Waals surface area contributed by atoms with E-state index < -0.39 is 0 Å². The summed E-state index contributed by atoms with van der Waals surface area (Å²) in [6.07, 6.45) is 5.29. The van der Waals surface area contributed by atoms with E-state index in [4.69, 9.17) is 10.00 Å². The number of nitrogens with one attached hydrogen (secondary N) is 1. The van der Waals surface area contributed by atoms with Crippen molar-refractivity contribution in [2.75, 3.05) is 5.32 Å². The van der Waals surface area contributed by atoms with Crippen LogP contribution in [-0.4, -0.2) is 14.5 Å². The van der Waals surface area contributed by atoms with Gasteiger partial charge in [-0.05, 0) is 32.0 Å². The van der Waals surface area contributed by atoms with Gasteiger partial charge in [-0.25, -0.2) is 9.97 Å². The zero-order valence-corrected chi connectivity index (χ0v) is 14.2. The fraction of sp³-hybridized carbons (Fsp3) is 0.211. The van der Waals surface area contributed by atoms with Crippen LogP contribution in [0.15, 0.2) is 55.0 Å². The fourth-order valence-electron chi connectivity index (χ4n) is 2.43. The quantitative estimate of drug-likeness (QED) is 0.734. The highest BCUT2D eigenvalue weighted by Crippen LogP contribution is 2.23. The molecule has 0 amide bonds. The molecule has 0 fully saturated rings. The molecule has 126 valence electrons. The molecular weight excluding hydrogens is 314 g/mol. The van der Waals surface area contributed by atoms with Gasteiger partial charge in [0.15, 0.2) is 0 Å². The molecule has 2 heterocycles. The van der Waals surface area contributed by atoms with E-state index in [0.717, 1.165) is 11.5 Å². The summed E-state index contributed by atoms with van der Waals surface area (Å²) < 4.78 is 7.87. The highest BCUT2D eigenvalue weighted by Gasteiger charge is 2.06. The molecule has 25 heavy (non-hydrogen) atoms. The van der Waals surface area contributed by atoms with Crippen molar-refractivity contribution in [2.24, 2.45) is 0 Å². The van der Waals surface area contributed by atoms with Crippen molar-refractivity contribution in [3.8, 4) is 17.7 Å². The van der Waals surface area contributed by atoms with E-state index in [1.807, 2.05) is 42.7 Å². The SMILES string of the molecule is CC(C)n1ccnc1CNc1cccc(Oc2ccc(C#N)cn2)c1. The molecule has 0 unspecified atom stereocenters. The van der Waals surface area contributed by atoms with Gasteiger partial charge in [-0.3, -0.25) is 0 Å². The summed E-state index contributed by atoms with van der Waals surface area (Å²) in [7, 11) is 0. The second kappa shape index (κ2) is 7.49. The number of pyridine rings is 1. The Balaban J connectivity index is 1.66. The van der Waals surface area contributed by atoms with Gasteiger partial charge >= 0.3 is 0 Å². The Morgan fingerprint density at radius 2 is 2.12 bits per heavy atom. The van der Waals surface area contributed by atoms with Crippen molar-refractivity contribution in [3.63, 3.8) is 0 Å². The van der Waals surface area contributed by atoms with Crippen LogP contribution in [0.3, 0.4) is 0 Å². The maximum atomic E-state index is 8.80. The smallest absolute Gasteiger partial charge is 0.219 e. The van der Waals surface area contributed by atoms with Crippen LogP contribution in [0.25, 0.3) is 0 Å². The third kappa shape index (κ3) is 4.15. The lowest BCUT2D eigenvalue weighted by atomic mass is 10.3. The van der Waals surface area contributed by atoms with Crippen LogP contribution in [0.5, 0.6) is 11.6 Å². The van der Waals surface area contributed by atoms with Gasteiger partial charge in [0, 0.05) is 42.5 Å². The first kappa shape index (κ1) is 16.5. The topological polar surface area (TPSA) is 75.8 Å². The number of imidazole rings is 1. The first-order valence-corrected chi connectivity index (χ1v) is 8.05. The summed E-state index contributed by atoms with van der Waals surface area (Å²) in [5.74, 6) is 2.11. The van der Waals surface area contributed by atoms with Crippen LogP contribution in [0.1, 0.15) is 31.3 Å². The molecule has 6 nitrogen and oxygen atoms in total. The monoisotopic (exact) mass is 333 g/mol. The van der Waals surface area contributed by atoms with E-state index in [0.29, 0.717) is 29.8 Å². The standard InChI is InChI=1S/C19H19N5O/c1-14(2)24-9-8-21-18(24)13-22-16-4-3-5-17(10-16)25-19-7-6-15(11-20)12-23-19/h3-10,12,14,22H,13H2,1-2H3. The summed E-state index contributed by atoms with van der Waals surface area (Å²) in [6, 6.07) is 13.4. The average Bonchev–Trinajstić information content (AvgIpc) is 3.10. The molecule has 0 saturated heterocycles. The van der Waals surface area contributed by atoms with Gasteiger partial charge < -0.3 is 14.6 Å². The zero-order chi connectivity index (χ0) is 17.6. The maximum Gasteiger partial charge on any atom is 0.219 e. The number of hydrogen-bond acceptors (Lipinski definition) is 5. The number of aromatic nitrogens is 3. The molecule has 0 aliphatic rings. The lowest BCUT2D eigenvalue weighted by Gasteiger charge is -2.13. The largest absolute Gasteiger partial charge is 0.439 e. The van der Waals surface area contributed by atoms with Gasteiger partial charge in [-0.1, -0.05) is 6.07 Å². The predicted octanol–water partition coefficient (Wildman–Crippen LogP) is 4.14. The summed E-state index contributed by atoms with van der Waals surface area (Å²) in [6.45, 7) is 4.89. The molecule has 0 spiro atoms. The minimum absolute atomic E-state index is 0.372. The minimum atomic E-state index is 0.372. The number of nitrogens with zero attached hydrogens (tertiary/aromatic N) is 4. The van der Waals surface area contributed by atoms with Crippen molar-refractivity contribution < 1.29 is 4.74 Å². The number of benzene rings is 1. The van der Waals surface area contributed by atoms with Gasteiger partial charge in [0.25, 0.3) is 0 Å². The number of ether oxygens (including phenoxy) is 1. The van der Waals surface area contributed by atoms with E-state index in [2.05, 4.69) is 33.7 Å². The summed E-state index contributed by atoms with van der Waals surface area (Å²) >= 11 is 0. The molecule has 3 rings (SSSR count). The number of anilines is 1. The maximum absolute atomic E-state index is 8.80. The Hall–Kier alpha value is -3.33. The van der Waals surface area contributed by atoms with Gasteiger partial charge in [-0.2, -0.15) is 5.26 Å². The second-order valence-corrected chi connectivity index (χ2v) is 5.82. The molecule has 0 radical (unpaired) electrons. The Morgan fingerprint density at radius 3 is 2.84 bits per heavy atom. The zero-order valence-electron chi connectivity index (χ0n) is 14.2. The Bertz CT molecular complexity index is 877. The van der Waals surface area contributed by atoms with Crippen LogP contribution in [-0.2, 0) is 6.54 Å². The second-order valence-electron chi connectivity index (χ2n) is 5.82. The molecule has 1 N–H and O–H groups in total. The molecule has 2 aromatic heterocycles. The molecule has 0 aliphatic heterocycles. The molecule has 0 saturated carbocycles. The first-order valence-electron chi connectivity index (χ1n) is 8.05. The first-order chi connectivity index (χ1) is 12.2. The normalized spacial score (nSPS) is 10.5. The van der Waals surface area contributed by atoms with Crippen molar-refractivity contribution in [3.05, 3.63) is 66.4 Å². The highest BCUT2D eigenvalue weighted by molar-refractivity contribution is 5.49. The average molecular weight is 333 g/mol. The molecule has 0 bridgehead atoms. The molecule has 0 atom stereocenters. The predicted molar refractivity (Wildman–Crippen MR) is 95.4 cm³/mol. The van der Waals surface area contributed by atoms with E-state index in [-0.39, 0.29) is 0 Å². The Kier molecular flexibility index (Phi) is 4.95. The third-order valence-electron chi connectivity index (χ3n) is 3.68. The van der Waals surface area contributed by atoms with E-state index >= 15 is 0 Å². The molecular formula is C19H19N5O. The third-order valence-corrected chi connectivity index (χ3v) is 3.68. The van der Waals surface area contributed by atoms with E-state index in [1.54, 1.807) is 12.1 Å². The number of nitriles is 1. The van der Waals surface area contributed by atoms with Gasteiger partial charge in [0.05, 0.1) is 12.1 Å². The number of hydrogen-bond donors (Lipinski definition) is 1. The van der Waals surface area contributed by atoms with E-state index in [9.17, 15) is 0 Å². The molecule has 0 aliphatic carbocycles. The summed E-state index contributed by atoms with van der Waals surface area (Å²) in [5, 5.41) is 12.2. The van der Waals surface area contributed by atoms with Gasteiger partial charge in [-0.15, -0.1) is 0 Å². The van der Waals surface area contributed by atoms with Crippen LogP contribution >= 0.6 is 0 Å². The summed E-state index contributed by atoms with van der Waals surface area (Å²) in [4.78, 5) is 8.51. The van der Waals surface area contributed by atoms with Crippen LogP contribution in [0.2, 0.25) is 0 Å². The Morgan fingerprint density at radius 1 is 1.24 bits per heavy atom. The van der Waals surface area contributed by atoms with Crippen LogP contribution in [0.4, 0.5) is 5.69 Å². The van der Waals surface area contributed by atoms with Crippen LogP contribution in [0, 0.1) is 11.3 Å². The van der Waals surface area contributed by atoms with Crippen molar-refractivity contribution in [1.82, 2.24) is 14.5 Å². The van der Waals surface area contributed by atoms with Crippen LogP contribution < -0.4 is 10.1 Å². The molecule has 1 aromatic carbocycles. The van der Waals surface area contributed by atoms with Gasteiger partial charge in [0.1, 0.15) is 17.6 Å². The lowest BCUT2D eigenvalue weighted by molar-refractivity contribution is 0.463. The van der Waals surface area contributed by atoms with E-state index in [1.165, 1.54) is 6.20 Å². The summed E-state index contributed by atoms with van der Waals surface area (Å²) in [5.41, 5.74) is 1.44. The Labute approximate surface area is 146 Å². The van der Waals surface area contributed by atoms with Crippen molar-refractivity contribution >= 4 is 5.69 Å². The lowest BCUT2D eigenvalue weighted by Crippen LogP contribution is -2.10. The highest BCUT2D eigenvalue weighted by atomic mass is 16.5. The molecule has 3 aromatic rings. The van der Waals surface area contributed by atoms with Crippen molar-refractivity contribution in [1.29, 1.82) is 5.26 Å². The molecule has 6 heteroatoms. The fourth-order valence-corrected chi connectivity index (χ4v) is 2.43. The minimum Gasteiger partial charge on any atom is -0.439 e. The van der Waals surface area contributed by atoms with Crippen molar-refractivity contribution in [2.45, 2.75) is 26.4 Å². The van der Waals surface area contributed by atoms with Gasteiger partial charge in [0.2, 0.25) is 5.88 Å².